The molecule has 0 fully saturated rings. The first-order chi connectivity index (χ1) is 12.6. The summed E-state index contributed by atoms with van der Waals surface area (Å²) in [6.07, 6.45) is -0.246. The van der Waals surface area contributed by atoms with Gasteiger partial charge in [-0.2, -0.15) is 0 Å². The Labute approximate surface area is 156 Å². The predicted molar refractivity (Wildman–Crippen MR) is 100 cm³/mol. The minimum absolute atomic E-state index is 0.0802. The molecule has 0 saturated carbocycles. The second kappa shape index (κ2) is 8.16. The van der Waals surface area contributed by atoms with Crippen molar-refractivity contribution in [2.45, 2.75) is 40.5 Å². The molecular weight excluding hydrogens is 350 g/mol. The highest BCUT2D eigenvalue weighted by atomic mass is 16.5. The zero-order chi connectivity index (χ0) is 20.3. The number of aromatic hydroxyl groups is 1. The van der Waals surface area contributed by atoms with Crippen molar-refractivity contribution in [1.82, 2.24) is 4.98 Å². The van der Waals surface area contributed by atoms with E-state index in [1.54, 1.807) is 19.1 Å². The first-order valence-corrected chi connectivity index (χ1v) is 8.71. The molecule has 7 nitrogen and oxygen atoms in total. The fraction of sp³-hybridized carbons (Fsp3) is 0.400. The third-order valence-corrected chi connectivity index (χ3v) is 4.45. The van der Waals surface area contributed by atoms with Crippen LogP contribution in [0.3, 0.4) is 0 Å². The molecule has 0 bridgehead atoms. The monoisotopic (exact) mass is 373 g/mol. The van der Waals surface area contributed by atoms with E-state index in [0.29, 0.717) is 23.2 Å². The minimum atomic E-state index is -1.12. The molecule has 0 saturated heterocycles. The largest absolute Gasteiger partial charge is 0.506 e. The lowest BCUT2D eigenvalue weighted by Gasteiger charge is -2.10. The number of aromatic nitrogens is 1. The molecule has 0 aliphatic heterocycles. The van der Waals surface area contributed by atoms with E-state index in [0.717, 1.165) is 11.1 Å². The van der Waals surface area contributed by atoms with Gasteiger partial charge in [0, 0.05) is 5.39 Å². The third-order valence-electron chi connectivity index (χ3n) is 4.45. The number of fused-ring (bicyclic) bond motifs is 1. The highest BCUT2D eigenvalue weighted by molar-refractivity contribution is 6.38. The van der Waals surface area contributed by atoms with Gasteiger partial charge in [-0.05, 0) is 43.4 Å². The number of ether oxygens (including phenoxy) is 1. The van der Waals surface area contributed by atoms with Crippen molar-refractivity contribution in [1.29, 1.82) is 0 Å². The lowest BCUT2D eigenvalue weighted by molar-refractivity contribution is -0.153. The SMILES string of the molecule is Cc1ccc2c(O)c(C(=O)CC(=O)C(=O)OCCC(C)C)c(=O)[nH]c2c1C. The van der Waals surface area contributed by atoms with E-state index >= 15 is 0 Å². The summed E-state index contributed by atoms with van der Waals surface area (Å²) in [6.45, 7) is 7.60. The Hall–Kier alpha value is -2.96. The lowest BCUT2D eigenvalue weighted by atomic mass is 10.00. The summed E-state index contributed by atoms with van der Waals surface area (Å²) in [6, 6.07) is 3.34. The van der Waals surface area contributed by atoms with Crippen molar-refractivity contribution in [3.63, 3.8) is 0 Å². The van der Waals surface area contributed by atoms with Crippen LogP contribution in [0.15, 0.2) is 16.9 Å². The topological polar surface area (TPSA) is 114 Å². The van der Waals surface area contributed by atoms with Gasteiger partial charge >= 0.3 is 5.97 Å². The number of pyridine rings is 1. The smallest absolute Gasteiger partial charge is 0.375 e. The van der Waals surface area contributed by atoms with Gasteiger partial charge in [-0.25, -0.2) is 4.79 Å². The van der Waals surface area contributed by atoms with E-state index in [-0.39, 0.29) is 6.61 Å². The van der Waals surface area contributed by atoms with E-state index < -0.39 is 40.8 Å². The normalized spacial score (nSPS) is 11.0. The Balaban J connectivity index is 2.25. The first kappa shape index (κ1) is 20.4. The molecule has 1 heterocycles. The van der Waals surface area contributed by atoms with E-state index in [1.807, 2.05) is 20.8 Å². The molecule has 1 aromatic carbocycles. The van der Waals surface area contributed by atoms with Crippen LogP contribution >= 0.6 is 0 Å². The summed E-state index contributed by atoms with van der Waals surface area (Å²) in [7, 11) is 0. The van der Waals surface area contributed by atoms with E-state index in [4.69, 9.17) is 4.74 Å². The maximum Gasteiger partial charge on any atom is 0.375 e. The standard InChI is InChI=1S/C20H23NO6/c1-10(2)7-8-27-20(26)15(23)9-14(22)16-18(24)13-6-5-11(3)12(4)17(13)21-19(16)25/h5-6,10H,7-9H2,1-4H3,(H2,21,24,25). The number of aryl methyl sites for hydroxylation is 2. The number of nitrogens with one attached hydrogen (secondary N) is 1. The number of ketones is 2. The molecule has 2 N–H and O–H groups in total. The van der Waals surface area contributed by atoms with Gasteiger partial charge in [-0.1, -0.05) is 19.9 Å². The van der Waals surface area contributed by atoms with Crippen LogP contribution in [0.1, 0.15) is 48.2 Å². The van der Waals surface area contributed by atoms with Crippen molar-refractivity contribution in [2.75, 3.05) is 6.61 Å². The van der Waals surface area contributed by atoms with Crippen molar-refractivity contribution in [3.8, 4) is 5.75 Å². The van der Waals surface area contributed by atoms with Crippen molar-refractivity contribution in [2.24, 2.45) is 5.92 Å². The molecule has 0 unspecified atom stereocenters. The molecular formula is C20H23NO6. The lowest BCUT2D eigenvalue weighted by Crippen LogP contribution is -2.25. The molecule has 2 rings (SSSR count). The summed E-state index contributed by atoms with van der Waals surface area (Å²) in [4.78, 5) is 50.8. The van der Waals surface area contributed by atoms with Crippen LogP contribution in [0, 0.1) is 19.8 Å². The summed E-state index contributed by atoms with van der Waals surface area (Å²) in [5.74, 6) is -3.30. The summed E-state index contributed by atoms with van der Waals surface area (Å²) in [5, 5.41) is 10.7. The molecule has 7 heteroatoms. The first-order valence-electron chi connectivity index (χ1n) is 8.71. The molecule has 1 aromatic heterocycles. The molecule has 0 radical (unpaired) electrons. The Bertz CT molecular complexity index is 971. The number of aromatic amines is 1. The highest BCUT2D eigenvalue weighted by Gasteiger charge is 2.25. The molecule has 0 atom stereocenters. The number of benzene rings is 1. The number of Topliss-reactive ketones (excluding diaryl/α,β-unsaturated/α-hetero) is 2. The van der Waals surface area contributed by atoms with Gasteiger partial charge < -0.3 is 14.8 Å². The second-order valence-electron chi connectivity index (χ2n) is 6.95. The van der Waals surface area contributed by atoms with Gasteiger partial charge in [0.15, 0.2) is 5.78 Å². The number of esters is 1. The zero-order valence-electron chi connectivity index (χ0n) is 15.8. The highest BCUT2D eigenvalue weighted by Crippen LogP contribution is 2.28. The van der Waals surface area contributed by atoms with Gasteiger partial charge in [-0.15, -0.1) is 0 Å². The molecule has 144 valence electrons. The predicted octanol–water partition coefficient (Wildman–Crippen LogP) is 2.58. The van der Waals surface area contributed by atoms with Crippen LogP contribution in [0.5, 0.6) is 5.75 Å². The zero-order valence-corrected chi connectivity index (χ0v) is 15.8. The summed E-state index contributed by atoms with van der Waals surface area (Å²) < 4.78 is 4.82. The van der Waals surface area contributed by atoms with Gasteiger partial charge in [-0.3, -0.25) is 14.4 Å². The Morgan fingerprint density at radius 2 is 1.85 bits per heavy atom. The Morgan fingerprint density at radius 3 is 2.48 bits per heavy atom. The number of hydrogen-bond acceptors (Lipinski definition) is 6. The maximum absolute atomic E-state index is 12.4. The van der Waals surface area contributed by atoms with E-state index in [1.165, 1.54) is 0 Å². The molecule has 0 aliphatic rings. The van der Waals surface area contributed by atoms with Crippen LogP contribution in [0.2, 0.25) is 0 Å². The van der Waals surface area contributed by atoms with E-state index in [2.05, 4.69) is 4.98 Å². The fourth-order valence-corrected chi connectivity index (χ4v) is 2.63. The van der Waals surface area contributed by atoms with Crippen LogP contribution in [0.25, 0.3) is 10.9 Å². The average Bonchev–Trinajstić information content (AvgIpc) is 2.58. The van der Waals surface area contributed by atoms with Crippen LogP contribution < -0.4 is 5.56 Å². The van der Waals surface area contributed by atoms with Gasteiger partial charge in [0.25, 0.3) is 5.56 Å². The van der Waals surface area contributed by atoms with Gasteiger partial charge in [0.1, 0.15) is 11.3 Å². The van der Waals surface area contributed by atoms with Crippen LogP contribution in [-0.4, -0.2) is 34.2 Å². The molecule has 0 spiro atoms. The van der Waals surface area contributed by atoms with E-state index in [9.17, 15) is 24.3 Å². The van der Waals surface area contributed by atoms with Crippen molar-refractivity contribution in [3.05, 3.63) is 39.2 Å². The Kier molecular flexibility index (Phi) is 6.15. The summed E-state index contributed by atoms with van der Waals surface area (Å²) in [5.41, 5.74) is 0.766. The maximum atomic E-state index is 12.4. The quantitative estimate of drug-likeness (QED) is 0.334. The molecule has 0 amide bonds. The van der Waals surface area contributed by atoms with Crippen LogP contribution in [-0.2, 0) is 14.3 Å². The number of rotatable bonds is 7. The third kappa shape index (κ3) is 4.42. The number of H-pyrrole nitrogens is 1. The average molecular weight is 373 g/mol. The number of carbonyl (C=O) groups is 3. The second-order valence-corrected chi connectivity index (χ2v) is 6.95. The molecule has 27 heavy (non-hydrogen) atoms. The summed E-state index contributed by atoms with van der Waals surface area (Å²) >= 11 is 0. The number of hydrogen-bond donors (Lipinski definition) is 2. The molecule has 2 aromatic rings. The Morgan fingerprint density at radius 1 is 1.19 bits per heavy atom. The number of carbonyl (C=O) groups excluding carboxylic acids is 3. The van der Waals surface area contributed by atoms with Crippen molar-refractivity contribution >= 4 is 28.4 Å². The molecule has 0 aliphatic carbocycles. The van der Waals surface area contributed by atoms with Gasteiger partial charge in [0.05, 0.1) is 18.5 Å². The van der Waals surface area contributed by atoms with Crippen molar-refractivity contribution < 1.29 is 24.2 Å². The fourth-order valence-electron chi connectivity index (χ4n) is 2.63. The van der Waals surface area contributed by atoms with Crippen LogP contribution in [0.4, 0.5) is 0 Å². The van der Waals surface area contributed by atoms with Gasteiger partial charge in [0.2, 0.25) is 5.78 Å². The minimum Gasteiger partial charge on any atom is -0.506 e.